The lowest BCUT2D eigenvalue weighted by molar-refractivity contribution is 0.427. The van der Waals surface area contributed by atoms with Crippen molar-refractivity contribution in [3.8, 4) is 5.06 Å². The monoisotopic (exact) mass is 274 g/mol. The summed E-state index contributed by atoms with van der Waals surface area (Å²) in [6.45, 7) is 0. The second-order valence-electron chi connectivity index (χ2n) is 2.85. The SMILES string of the molecule is COc1cc2ccc(F)c(CBr)c2s1. The summed E-state index contributed by atoms with van der Waals surface area (Å²) in [6, 6.07) is 5.19. The number of hydrogen-bond donors (Lipinski definition) is 0. The molecular formula is C10H8BrFOS. The van der Waals surface area contributed by atoms with Crippen molar-refractivity contribution in [2.75, 3.05) is 7.11 Å². The van der Waals surface area contributed by atoms with Crippen molar-refractivity contribution < 1.29 is 9.13 Å². The number of halogens is 2. The summed E-state index contributed by atoms with van der Waals surface area (Å²) in [5, 5.41) is 2.37. The Bertz CT molecular complexity index is 466. The Morgan fingerprint density at radius 2 is 2.29 bits per heavy atom. The van der Waals surface area contributed by atoms with Crippen LogP contribution in [0.25, 0.3) is 10.1 Å². The molecule has 0 amide bonds. The summed E-state index contributed by atoms with van der Waals surface area (Å²) in [4.78, 5) is 0. The quantitative estimate of drug-likeness (QED) is 0.754. The molecule has 0 aliphatic heterocycles. The topological polar surface area (TPSA) is 9.23 Å². The molecule has 0 bridgehead atoms. The summed E-state index contributed by atoms with van der Waals surface area (Å²) in [5.74, 6) is -0.168. The Hall–Kier alpha value is -0.610. The lowest BCUT2D eigenvalue weighted by Gasteiger charge is -1.98. The van der Waals surface area contributed by atoms with Gasteiger partial charge in [-0.2, -0.15) is 0 Å². The Morgan fingerprint density at radius 3 is 2.93 bits per heavy atom. The van der Waals surface area contributed by atoms with E-state index in [4.69, 9.17) is 4.74 Å². The minimum absolute atomic E-state index is 0.168. The molecule has 74 valence electrons. The number of thiophene rings is 1. The molecule has 0 atom stereocenters. The van der Waals surface area contributed by atoms with Gasteiger partial charge in [-0.15, -0.1) is 0 Å². The van der Waals surface area contributed by atoms with Crippen molar-refractivity contribution in [1.82, 2.24) is 0 Å². The number of rotatable bonds is 2. The van der Waals surface area contributed by atoms with E-state index in [0.29, 0.717) is 10.9 Å². The molecule has 0 aliphatic carbocycles. The molecule has 1 aromatic heterocycles. The Morgan fingerprint density at radius 1 is 1.50 bits per heavy atom. The minimum atomic E-state index is -0.168. The summed E-state index contributed by atoms with van der Waals surface area (Å²) in [6.07, 6.45) is 0. The first-order valence-corrected chi connectivity index (χ1v) is 6.01. The van der Waals surface area contributed by atoms with E-state index in [2.05, 4.69) is 15.9 Å². The van der Waals surface area contributed by atoms with Crippen molar-refractivity contribution in [1.29, 1.82) is 0 Å². The molecule has 1 aromatic carbocycles. The molecule has 4 heteroatoms. The van der Waals surface area contributed by atoms with Gasteiger partial charge in [0.25, 0.3) is 0 Å². The van der Waals surface area contributed by atoms with Crippen LogP contribution in [-0.4, -0.2) is 7.11 Å². The highest BCUT2D eigenvalue weighted by Crippen LogP contribution is 2.35. The van der Waals surface area contributed by atoms with E-state index in [1.165, 1.54) is 17.4 Å². The third kappa shape index (κ3) is 1.53. The molecule has 0 saturated heterocycles. The van der Waals surface area contributed by atoms with E-state index in [9.17, 15) is 4.39 Å². The first kappa shape index (κ1) is 9.93. The van der Waals surface area contributed by atoms with Gasteiger partial charge in [-0.3, -0.25) is 0 Å². The van der Waals surface area contributed by atoms with Crippen molar-refractivity contribution in [3.63, 3.8) is 0 Å². The van der Waals surface area contributed by atoms with Crippen molar-refractivity contribution in [2.45, 2.75) is 5.33 Å². The van der Waals surface area contributed by atoms with Crippen LogP contribution in [-0.2, 0) is 5.33 Å². The van der Waals surface area contributed by atoms with Crippen LogP contribution < -0.4 is 4.74 Å². The Balaban J connectivity index is 2.73. The molecule has 0 unspecified atom stereocenters. The van der Waals surface area contributed by atoms with Gasteiger partial charge in [-0.25, -0.2) is 4.39 Å². The standard InChI is InChI=1S/C10H8BrFOS/c1-13-9-4-6-2-3-8(12)7(5-11)10(6)14-9/h2-4H,5H2,1H3. The maximum absolute atomic E-state index is 13.4. The number of benzene rings is 1. The molecular weight excluding hydrogens is 267 g/mol. The number of ether oxygens (including phenoxy) is 1. The number of methoxy groups -OCH3 is 1. The molecule has 14 heavy (non-hydrogen) atoms. The molecule has 2 aromatic rings. The van der Waals surface area contributed by atoms with Crippen LogP contribution >= 0.6 is 27.3 Å². The van der Waals surface area contributed by atoms with Crippen LogP contribution in [0.3, 0.4) is 0 Å². The fourth-order valence-corrected chi connectivity index (χ4v) is 3.08. The summed E-state index contributed by atoms with van der Waals surface area (Å²) in [7, 11) is 1.62. The zero-order valence-corrected chi connectivity index (χ0v) is 9.91. The first-order chi connectivity index (χ1) is 6.76. The predicted octanol–water partition coefficient (Wildman–Crippen LogP) is 3.94. The fourth-order valence-electron chi connectivity index (χ4n) is 1.34. The molecule has 0 saturated carbocycles. The van der Waals surface area contributed by atoms with Crippen LogP contribution in [0.4, 0.5) is 4.39 Å². The maximum Gasteiger partial charge on any atom is 0.174 e. The van der Waals surface area contributed by atoms with Crippen molar-refractivity contribution in [2.24, 2.45) is 0 Å². The minimum Gasteiger partial charge on any atom is -0.487 e. The van der Waals surface area contributed by atoms with E-state index in [-0.39, 0.29) is 5.82 Å². The largest absolute Gasteiger partial charge is 0.487 e. The van der Waals surface area contributed by atoms with Crippen molar-refractivity contribution >= 4 is 37.4 Å². The summed E-state index contributed by atoms with van der Waals surface area (Å²) in [5.41, 5.74) is 0.704. The van der Waals surface area contributed by atoms with E-state index in [1.807, 2.05) is 6.07 Å². The average Bonchev–Trinajstić information content (AvgIpc) is 2.60. The van der Waals surface area contributed by atoms with Crippen LogP contribution in [0.1, 0.15) is 5.56 Å². The van der Waals surface area contributed by atoms with Gasteiger partial charge < -0.3 is 4.74 Å². The van der Waals surface area contributed by atoms with E-state index >= 15 is 0 Å². The molecule has 0 N–H and O–H groups in total. The van der Waals surface area contributed by atoms with Crippen LogP contribution in [0.15, 0.2) is 18.2 Å². The number of hydrogen-bond acceptors (Lipinski definition) is 2. The van der Waals surface area contributed by atoms with E-state index < -0.39 is 0 Å². The third-order valence-corrected chi connectivity index (χ3v) is 3.78. The predicted molar refractivity (Wildman–Crippen MR) is 61.0 cm³/mol. The van der Waals surface area contributed by atoms with Gasteiger partial charge in [-0.1, -0.05) is 33.3 Å². The van der Waals surface area contributed by atoms with E-state index in [1.54, 1.807) is 13.2 Å². The second kappa shape index (κ2) is 3.87. The van der Waals surface area contributed by atoms with Gasteiger partial charge in [0.05, 0.1) is 7.11 Å². The maximum atomic E-state index is 13.4. The smallest absolute Gasteiger partial charge is 0.174 e. The average molecular weight is 275 g/mol. The Kier molecular flexibility index (Phi) is 2.74. The molecule has 1 nitrogen and oxygen atoms in total. The molecule has 0 radical (unpaired) electrons. The lowest BCUT2D eigenvalue weighted by Crippen LogP contribution is -1.84. The molecule has 0 aliphatic rings. The van der Waals surface area contributed by atoms with Gasteiger partial charge in [0.2, 0.25) is 0 Å². The Labute approximate surface area is 93.6 Å². The zero-order chi connectivity index (χ0) is 10.1. The highest BCUT2D eigenvalue weighted by atomic mass is 79.9. The summed E-state index contributed by atoms with van der Waals surface area (Å²) >= 11 is 4.76. The molecule has 0 fully saturated rings. The number of alkyl halides is 1. The third-order valence-electron chi connectivity index (χ3n) is 2.04. The van der Waals surface area contributed by atoms with Crippen molar-refractivity contribution in [3.05, 3.63) is 29.6 Å². The summed E-state index contributed by atoms with van der Waals surface area (Å²) < 4.78 is 19.4. The molecule has 1 heterocycles. The number of fused-ring (bicyclic) bond motifs is 1. The lowest BCUT2D eigenvalue weighted by atomic mass is 10.2. The highest BCUT2D eigenvalue weighted by molar-refractivity contribution is 9.08. The first-order valence-electron chi connectivity index (χ1n) is 4.07. The molecule has 0 spiro atoms. The van der Waals surface area contributed by atoms with Gasteiger partial charge >= 0.3 is 0 Å². The van der Waals surface area contributed by atoms with Gasteiger partial charge in [0.15, 0.2) is 5.06 Å². The van der Waals surface area contributed by atoms with E-state index in [0.717, 1.165) is 15.1 Å². The van der Waals surface area contributed by atoms with Crippen LogP contribution in [0, 0.1) is 5.82 Å². The molecule has 2 rings (SSSR count). The van der Waals surface area contributed by atoms with Gasteiger partial charge in [0.1, 0.15) is 5.82 Å². The van der Waals surface area contributed by atoms with Crippen LogP contribution in [0.5, 0.6) is 5.06 Å². The highest BCUT2D eigenvalue weighted by Gasteiger charge is 2.10. The van der Waals surface area contributed by atoms with Crippen LogP contribution in [0.2, 0.25) is 0 Å². The normalized spacial score (nSPS) is 10.8. The zero-order valence-electron chi connectivity index (χ0n) is 7.51. The van der Waals surface area contributed by atoms with Gasteiger partial charge in [-0.05, 0) is 17.5 Å². The second-order valence-corrected chi connectivity index (χ2v) is 4.42. The van der Waals surface area contributed by atoms with Gasteiger partial charge in [0, 0.05) is 15.6 Å². The fraction of sp³-hybridized carbons (Fsp3) is 0.200.